The van der Waals surface area contributed by atoms with Crippen LogP contribution in [-0.2, 0) is 11.8 Å². The van der Waals surface area contributed by atoms with E-state index in [0.717, 1.165) is 35.1 Å². The number of hydrogen-bond donors (Lipinski definition) is 1. The lowest BCUT2D eigenvalue weighted by molar-refractivity contribution is 0.0221. The Morgan fingerprint density at radius 1 is 1.20 bits per heavy atom. The van der Waals surface area contributed by atoms with Gasteiger partial charge in [0.05, 0.1) is 35.3 Å². The lowest BCUT2D eigenvalue weighted by Gasteiger charge is -2.27. The van der Waals surface area contributed by atoms with Crippen LogP contribution in [0.2, 0.25) is 0 Å². The Kier molecular flexibility index (Phi) is 5.46. The molecule has 10 heteroatoms. The van der Waals surface area contributed by atoms with Gasteiger partial charge in [-0.05, 0) is 52.7 Å². The lowest BCUT2D eigenvalue weighted by atomic mass is 10.1. The maximum absolute atomic E-state index is 12.9. The van der Waals surface area contributed by atoms with Gasteiger partial charge in [-0.3, -0.25) is 14.4 Å². The van der Waals surface area contributed by atoms with Crippen molar-refractivity contribution in [2.75, 3.05) is 11.9 Å². The zero-order valence-corrected chi connectivity index (χ0v) is 20.6. The smallest absolute Gasteiger partial charge is 0.410 e. The van der Waals surface area contributed by atoms with Crippen molar-refractivity contribution in [3.8, 4) is 0 Å². The number of carbonyl (C=O) groups excluding carboxylic acids is 2. The predicted molar refractivity (Wildman–Crippen MR) is 131 cm³/mol. The van der Waals surface area contributed by atoms with Gasteiger partial charge in [0.1, 0.15) is 11.4 Å². The fourth-order valence-corrected chi connectivity index (χ4v) is 4.52. The number of imidazole rings is 1. The van der Waals surface area contributed by atoms with Crippen LogP contribution in [0, 0.1) is 6.92 Å². The van der Waals surface area contributed by atoms with Crippen LogP contribution >= 0.6 is 0 Å². The zero-order chi connectivity index (χ0) is 24.9. The second-order valence-electron chi connectivity index (χ2n) is 9.93. The van der Waals surface area contributed by atoms with Crippen LogP contribution in [0.3, 0.4) is 0 Å². The van der Waals surface area contributed by atoms with Gasteiger partial charge < -0.3 is 14.5 Å². The molecule has 0 saturated carbocycles. The first-order chi connectivity index (χ1) is 16.6. The van der Waals surface area contributed by atoms with Crippen LogP contribution in [0.4, 0.5) is 10.6 Å². The number of ether oxygens (including phenoxy) is 1. The summed E-state index contributed by atoms with van der Waals surface area (Å²) in [6, 6.07) is 5.36. The van der Waals surface area contributed by atoms with Crippen LogP contribution in [0.5, 0.6) is 0 Å². The highest BCUT2D eigenvalue weighted by Crippen LogP contribution is 2.33. The number of benzene rings is 1. The number of fused-ring (bicyclic) bond motifs is 2. The minimum Gasteiger partial charge on any atom is -0.444 e. The van der Waals surface area contributed by atoms with Crippen molar-refractivity contribution >= 4 is 34.4 Å². The van der Waals surface area contributed by atoms with Crippen molar-refractivity contribution in [2.24, 2.45) is 7.05 Å². The van der Waals surface area contributed by atoms with Gasteiger partial charge in [0.15, 0.2) is 5.65 Å². The molecule has 1 N–H and O–H groups in total. The van der Waals surface area contributed by atoms with Gasteiger partial charge in [-0.1, -0.05) is 6.07 Å². The SMILES string of the molecule is Cc1nn(C)c2cc(C(=O)Nc3cn4cc(C5CCCN5C(=O)OC(C)(C)C)nc4cn3)ccc12. The molecular formula is C25H29N7O3. The van der Waals surface area contributed by atoms with Gasteiger partial charge in [-0.25, -0.2) is 14.8 Å². The Bertz CT molecular complexity index is 1450. The number of hydrogen-bond acceptors (Lipinski definition) is 6. The number of rotatable bonds is 3. The van der Waals surface area contributed by atoms with E-state index < -0.39 is 5.60 Å². The summed E-state index contributed by atoms with van der Waals surface area (Å²) in [5.41, 5.74) is 3.19. The number of aromatic nitrogens is 5. The van der Waals surface area contributed by atoms with Gasteiger partial charge >= 0.3 is 6.09 Å². The van der Waals surface area contributed by atoms with Crippen molar-refractivity contribution in [1.29, 1.82) is 0 Å². The Labute approximate surface area is 202 Å². The Morgan fingerprint density at radius 2 is 2.00 bits per heavy atom. The molecule has 1 aromatic carbocycles. The Balaban J connectivity index is 1.36. The molecule has 1 aliphatic rings. The summed E-state index contributed by atoms with van der Waals surface area (Å²) in [6.07, 6.45) is 6.59. The summed E-state index contributed by atoms with van der Waals surface area (Å²) in [6.45, 7) is 8.15. The third-order valence-corrected chi connectivity index (χ3v) is 6.12. The molecule has 5 rings (SSSR count). The van der Waals surface area contributed by atoms with Gasteiger partial charge in [-0.15, -0.1) is 0 Å². The molecular weight excluding hydrogens is 446 g/mol. The minimum atomic E-state index is -0.555. The number of anilines is 1. The largest absolute Gasteiger partial charge is 0.444 e. The molecule has 3 aromatic heterocycles. The molecule has 1 atom stereocenters. The molecule has 1 unspecified atom stereocenters. The summed E-state index contributed by atoms with van der Waals surface area (Å²) in [4.78, 5) is 36.3. The van der Waals surface area contributed by atoms with Crippen molar-refractivity contribution in [3.05, 3.63) is 53.7 Å². The molecule has 4 heterocycles. The molecule has 0 aliphatic carbocycles. The predicted octanol–water partition coefficient (Wildman–Crippen LogP) is 4.25. The first-order valence-electron chi connectivity index (χ1n) is 11.7. The van der Waals surface area contributed by atoms with E-state index in [4.69, 9.17) is 4.74 Å². The third-order valence-electron chi connectivity index (χ3n) is 6.12. The topological polar surface area (TPSA) is 107 Å². The molecule has 10 nitrogen and oxygen atoms in total. The van der Waals surface area contributed by atoms with E-state index in [9.17, 15) is 9.59 Å². The van der Waals surface area contributed by atoms with Crippen LogP contribution in [0.25, 0.3) is 16.6 Å². The number of nitrogens with zero attached hydrogens (tertiary/aromatic N) is 6. The quantitative estimate of drug-likeness (QED) is 0.475. The summed E-state index contributed by atoms with van der Waals surface area (Å²) >= 11 is 0. The summed E-state index contributed by atoms with van der Waals surface area (Å²) in [5.74, 6) is 0.146. The van der Waals surface area contributed by atoms with Crippen molar-refractivity contribution in [1.82, 2.24) is 29.0 Å². The minimum absolute atomic E-state index is 0.156. The Morgan fingerprint density at radius 3 is 2.77 bits per heavy atom. The van der Waals surface area contributed by atoms with Gasteiger partial charge in [0, 0.05) is 30.7 Å². The molecule has 35 heavy (non-hydrogen) atoms. The van der Waals surface area contributed by atoms with Crippen LogP contribution in [0.1, 0.15) is 61.4 Å². The summed E-state index contributed by atoms with van der Waals surface area (Å²) in [7, 11) is 1.86. The highest BCUT2D eigenvalue weighted by atomic mass is 16.6. The molecule has 182 valence electrons. The molecule has 1 saturated heterocycles. The van der Waals surface area contributed by atoms with Crippen molar-refractivity contribution in [2.45, 2.75) is 52.2 Å². The van der Waals surface area contributed by atoms with Crippen LogP contribution in [0.15, 0.2) is 36.8 Å². The summed E-state index contributed by atoms with van der Waals surface area (Å²) in [5, 5.41) is 8.28. The first kappa shape index (κ1) is 22.8. The molecule has 1 aliphatic heterocycles. The molecule has 2 amide bonds. The molecule has 0 radical (unpaired) electrons. The first-order valence-corrected chi connectivity index (χ1v) is 11.7. The van der Waals surface area contributed by atoms with Gasteiger partial charge in [0.2, 0.25) is 0 Å². The van der Waals surface area contributed by atoms with E-state index >= 15 is 0 Å². The van der Waals surface area contributed by atoms with Crippen LogP contribution in [-0.4, -0.2) is 53.2 Å². The molecule has 4 aromatic rings. The number of likely N-dealkylation sites (tertiary alicyclic amines) is 1. The normalized spacial score (nSPS) is 16.3. The number of amides is 2. The van der Waals surface area contributed by atoms with E-state index in [0.29, 0.717) is 23.6 Å². The molecule has 0 spiro atoms. The van der Waals surface area contributed by atoms with Gasteiger partial charge in [-0.2, -0.15) is 5.10 Å². The molecule has 1 fully saturated rings. The number of aryl methyl sites for hydroxylation is 2. The maximum Gasteiger partial charge on any atom is 0.410 e. The second kappa shape index (κ2) is 8.37. The summed E-state index contributed by atoms with van der Waals surface area (Å²) < 4.78 is 9.16. The van der Waals surface area contributed by atoms with Crippen molar-refractivity contribution < 1.29 is 14.3 Å². The highest BCUT2D eigenvalue weighted by Gasteiger charge is 2.34. The number of carbonyl (C=O) groups is 2. The fourth-order valence-electron chi connectivity index (χ4n) is 4.52. The van der Waals surface area contributed by atoms with E-state index in [1.165, 1.54) is 0 Å². The third kappa shape index (κ3) is 4.43. The van der Waals surface area contributed by atoms with Crippen LogP contribution < -0.4 is 5.32 Å². The lowest BCUT2D eigenvalue weighted by Crippen LogP contribution is -2.36. The van der Waals surface area contributed by atoms with Crippen molar-refractivity contribution in [3.63, 3.8) is 0 Å². The number of nitrogens with one attached hydrogen (secondary N) is 1. The maximum atomic E-state index is 12.9. The second-order valence-corrected chi connectivity index (χ2v) is 9.93. The Hall–Kier alpha value is -3.95. The fraction of sp³-hybridized carbons (Fsp3) is 0.400. The standard InChI is InChI=1S/C25H29N7O3/c1-15-17-9-8-16(11-20(17)30(5)29-15)23(33)28-21-14-31-13-18(27-22(31)12-26-21)19-7-6-10-32(19)24(34)35-25(2,3)4/h8-9,11-14,19H,6-7,10H2,1-5H3,(H,28,33). The average molecular weight is 476 g/mol. The molecule has 0 bridgehead atoms. The van der Waals surface area contributed by atoms with E-state index in [1.807, 2.05) is 57.5 Å². The van der Waals surface area contributed by atoms with E-state index in [-0.39, 0.29) is 18.0 Å². The van der Waals surface area contributed by atoms with E-state index in [1.54, 1.807) is 28.0 Å². The van der Waals surface area contributed by atoms with E-state index in [2.05, 4.69) is 20.4 Å². The van der Waals surface area contributed by atoms with Gasteiger partial charge in [0.25, 0.3) is 5.91 Å². The zero-order valence-electron chi connectivity index (χ0n) is 20.6. The average Bonchev–Trinajstić information content (AvgIpc) is 3.49. The monoisotopic (exact) mass is 475 g/mol. The highest BCUT2D eigenvalue weighted by molar-refractivity contribution is 6.05.